The molecule has 1 heterocycles. The molecule has 7 heteroatoms. The first kappa shape index (κ1) is 19.9. The third-order valence-corrected chi connectivity index (χ3v) is 4.82. The van der Waals surface area contributed by atoms with E-state index in [0.717, 1.165) is 35.3 Å². The van der Waals surface area contributed by atoms with Crippen LogP contribution in [-0.4, -0.2) is 33.2 Å². The lowest BCUT2D eigenvalue weighted by Gasteiger charge is -2.10. The highest BCUT2D eigenvalue weighted by Gasteiger charge is 2.21. The van der Waals surface area contributed by atoms with Crippen LogP contribution in [0.4, 0.5) is 5.69 Å². The third kappa shape index (κ3) is 4.92. The van der Waals surface area contributed by atoms with E-state index in [1.807, 2.05) is 26.0 Å². The number of carbonyl (C=O) groups excluding carboxylic acids is 1. The summed E-state index contributed by atoms with van der Waals surface area (Å²) in [4.78, 5) is 12.5. The van der Waals surface area contributed by atoms with Gasteiger partial charge in [0.05, 0.1) is 12.9 Å². The second-order valence-corrected chi connectivity index (χ2v) is 8.46. The minimum atomic E-state index is -3.35. The molecular weight excluding hydrogens is 378 g/mol. The summed E-state index contributed by atoms with van der Waals surface area (Å²) in [5.74, 6) is 1.35. The number of benzene rings is 2. The van der Waals surface area contributed by atoms with Gasteiger partial charge in [0, 0.05) is 28.8 Å². The van der Waals surface area contributed by atoms with Crippen molar-refractivity contribution in [3.8, 4) is 11.5 Å². The summed E-state index contributed by atoms with van der Waals surface area (Å²) < 4.78 is 36.4. The Morgan fingerprint density at radius 1 is 1.29 bits per heavy atom. The number of allylic oxidation sites excluding steroid dienone is 1. The van der Waals surface area contributed by atoms with Crippen molar-refractivity contribution in [1.82, 2.24) is 0 Å². The van der Waals surface area contributed by atoms with Crippen molar-refractivity contribution in [2.24, 2.45) is 0 Å². The van der Waals surface area contributed by atoms with Crippen LogP contribution >= 0.6 is 0 Å². The van der Waals surface area contributed by atoms with Crippen molar-refractivity contribution >= 4 is 27.6 Å². The molecule has 1 aliphatic heterocycles. The lowest BCUT2D eigenvalue weighted by Crippen LogP contribution is -2.09. The molecule has 0 unspecified atom stereocenters. The topological polar surface area (TPSA) is 81.7 Å². The molecule has 6 nitrogen and oxygen atoms in total. The van der Waals surface area contributed by atoms with Crippen LogP contribution in [0.25, 0.3) is 6.08 Å². The minimum Gasteiger partial charge on any atom is -0.493 e. The number of fused-ring (bicyclic) bond motifs is 1. The van der Waals surface area contributed by atoms with Crippen molar-refractivity contribution in [3.05, 3.63) is 59.2 Å². The minimum absolute atomic E-state index is 0.129. The first-order chi connectivity index (χ1) is 13.2. The number of hydrogen-bond donors (Lipinski definition) is 1. The number of hydrogen-bond acceptors (Lipinski definition) is 5. The lowest BCUT2D eigenvalue weighted by atomic mass is 10.0. The second-order valence-electron chi connectivity index (χ2n) is 6.71. The molecule has 148 valence electrons. The van der Waals surface area contributed by atoms with Crippen LogP contribution in [0.2, 0.25) is 0 Å². The standard InChI is InChI=1S/C21H23NO5S/c1-4-26-20-13-17-11-14(2)27-21(17)12-16(20)7-10-19(23)15-5-8-18(9-6-15)22-28(3,24)25/h5-10,12-14,22H,4,11H2,1-3H3/b10-7+/t14-/m0/s1. The molecule has 0 amide bonds. The smallest absolute Gasteiger partial charge is 0.229 e. The number of sulfonamides is 1. The van der Waals surface area contributed by atoms with Crippen molar-refractivity contribution in [2.45, 2.75) is 26.4 Å². The van der Waals surface area contributed by atoms with Gasteiger partial charge in [0.15, 0.2) is 5.78 Å². The number of rotatable bonds is 7. The Bertz CT molecular complexity index is 1010. The molecule has 0 fully saturated rings. The zero-order chi connectivity index (χ0) is 20.3. The average Bonchev–Trinajstić information content (AvgIpc) is 2.98. The Morgan fingerprint density at radius 2 is 2.00 bits per heavy atom. The molecule has 3 rings (SSSR count). The van der Waals surface area contributed by atoms with Crippen LogP contribution in [0.5, 0.6) is 11.5 Å². The normalized spacial score (nSPS) is 15.9. The first-order valence-electron chi connectivity index (χ1n) is 9.02. The van der Waals surface area contributed by atoms with Crippen molar-refractivity contribution in [3.63, 3.8) is 0 Å². The van der Waals surface area contributed by atoms with Gasteiger partial charge in [-0.3, -0.25) is 9.52 Å². The highest BCUT2D eigenvalue weighted by Crippen LogP contribution is 2.35. The highest BCUT2D eigenvalue weighted by molar-refractivity contribution is 7.92. The SMILES string of the molecule is CCOc1cc2c(cc1/C=C/C(=O)c1ccc(NS(C)(=O)=O)cc1)O[C@@H](C)C2. The molecule has 1 N–H and O–H groups in total. The maximum Gasteiger partial charge on any atom is 0.229 e. The van der Waals surface area contributed by atoms with Gasteiger partial charge in [0.2, 0.25) is 10.0 Å². The zero-order valence-electron chi connectivity index (χ0n) is 16.1. The molecule has 1 aliphatic rings. The Kier molecular flexibility index (Phi) is 5.74. The van der Waals surface area contributed by atoms with E-state index in [9.17, 15) is 13.2 Å². The van der Waals surface area contributed by atoms with Crippen LogP contribution in [0.3, 0.4) is 0 Å². The van der Waals surface area contributed by atoms with Crippen LogP contribution < -0.4 is 14.2 Å². The van der Waals surface area contributed by atoms with Gasteiger partial charge in [-0.2, -0.15) is 0 Å². The fourth-order valence-electron chi connectivity index (χ4n) is 3.04. The van der Waals surface area contributed by atoms with E-state index in [4.69, 9.17) is 9.47 Å². The summed E-state index contributed by atoms with van der Waals surface area (Å²) in [5, 5.41) is 0. The molecule has 0 radical (unpaired) electrons. The zero-order valence-corrected chi connectivity index (χ0v) is 16.9. The second kappa shape index (κ2) is 8.06. The van der Waals surface area contributed by atoms with E-state index in [-0.39, 0.29) is 11.9 Å². The number of carbonyl (C=O) groups is 1. The molecule has 0 saturated carbocycles. The van der Waals surface area contributed by atoms with Crippen LogP contribution in [0.15, 0.2) is 42.5 Å². The Morgan fingerprint density at radius 3 is 2.64 bits per heavy atom. The summed E-state index contributed by atoms with van der Waals surface area (Å²) in [5.41, 5.74) is 2.75. The monoisotopic (exact) mass is 401 g/mol. The van der Waals surface area contributed by atoms with Gasteiger partial charge in [-0.05, 0) is 62.4 Å². The van der Waals surface area contributed by atoms with Crippen molar-refractivity contribution < 1.29 is 22.7 Å². The van der Waals surface area contributed by atoms with Crippen molar-refractivity contribution in [1.29, 1.82) is 0 Å². The number of anilines is 1. The lowest BCUT2D eigenvalue weighted by molar-refractivity contribution is 0.104. The maximum absolute atomic E-state index is 12.5. The summed E-state index contributed by atoms with van der Waals surface area (Å²) in [6, 6.07) is 10.1. The van der Waals surface area contributed by atoms with E-state index < -0.39 is 10.0 Å². The van der Waals surface area contributed by atoms with Crippen LogP contribution in [-0.2, 0) is 16.4 Å². The van der Waals surface area contributed by atoms with Gasteiger partial charge >= 0.3 is 0 Å². The number of ether oxygens (including phenoxy) is 2. The third-order valence-electron chi connectivity index (χ3n) is 4.22. The predicted octanol–water partition coefficient (Wildman–Crippen LogP) is 3.68. The molecule has 2 aromatic carbocycles. The van der Waals surface area contributed by atoms with Crippen molar-refractivity contribution in [2.75, 3.05) is 17.6 Å². The molecule has 28 heavy (non-hydrogen) atoms. The van der Waals surface area contributed by atoms with Gasteiger partial charge in [0.25, 0.3) is 0 Å². The van der Waals surface area contributed by atoms with E-state index in [1.165, 1.54) is 6.08 Å². The van der Waals surface area contributed by atoms with Gasteiger partial charge in [-0.25, -0.2) is 8.42 Å². The molecule has 1 atom stereocenters. The molecule has 0 saturated heterocycles. The molecule has 2 aromatic rings. The Hall–Kier alpha value is -2.80. The molecule has 0 aromatic heterocycles. The number of ketones is 1. The van der Waals surface area contributed by atoms with E-state index >= 15 is 0 Å². The summed E-state index contributed by atoms with van der Waals surface area (Å²) >= 11 is 0. The quantitative estimate of drug-likeness (QED) is 0.565. The summed E-state index contributed by atoms with van der Waals surface area (Å²) in [6.45, 7) is 4.46. The largest absolute Gasteiger partial charge is 0.493 e. The van der Waals surface area contributed by atoms with E-state index in [2.05, 4.69) is 4.72 Å². The molecule has 0 aliphatic carbocycles. The average molecular weight is 401 g/mol. The maximum atomic E-state index is 12.5. The van der Waals surface area contributed by atoms with E-state index in [1.54, 1.807) is 30.3 Å². The van der Waals surface area contributed by atoms with Gasteiger partial charge in [-0.1, -0.05) is 0 Å². The summed E-state index contributed by atoms with van der Waals surface area (Å²) in [6.07, 6.45) is 5.23. The van der Waals surface area contributed by atoms with Crippen LogP contribution in [0.1, 0.15) is 35.3 Å². The highest BCUT2D eigenvalue weighted by atomic mass is 32.2. The van der Waals surface area contributed by atoms with Gasteiger partial charge < -0.3 is 9.47 Å². The Balaban J connectivity index is 1.79. The molecular formula is C21H23NO5S. The fourth-order valence-corrected chi connectivity index (χ4v) is 3.61. The predicted molar refractivity (Wildman–Crippen MR) is 110 cm³/mol. The van der Waals surface area contributed by atoms with Gasteiger partial charge in [0.1, 0.15) is 17.6 Å². The number of nitrogens with one attached hydrogen (secondary N) is 1. The summed E-state index contributed by atoms with van der Waals surface area (Å²) in [7, 11) is -3.35. The Labute approximate surface area is 165 Å². The van der Waals surface area contributed by atoms with Gasteiger partial charge in [-0.15, -0.1) is 0 Å². The molecule has 0 bridgehead atoms. The first-order valence-corrected chi connectivity index (χ1v) is 10.9. The van der Waals surface area contributed by atoms with E-state index in [0.29, 0.717) is 17.9 Å². The fraction of sp³-hybridized carbons (Fsp3) is 0.286. The van der Waals surface area contributed by atoms with Crippen LogP contribution in [0, 0.1) is 0 Å². The molecule has 0 spiro atoms.